The van der Waals surface area contributed by atoms with Gasteiger partial charge in [0.25, 0.3) is 5.56 Å². The lowest BCUT2D eigenvalue weighted by Crippen LogP contribution is -2.37. The first-order chi connectivity index (χ1) is 11.0. The topological polar surface area (TPSA) is 73.8 Å². The van der Waals surface area contributed by atoms with Crippen molar-refractivity contribution in [3.63, 3.8) is 0 Å². The molecule has 2 heterocycles. The van der Waals surface area contributed by atoms with Gasteiger partial charge in [0.15, 0.2) is 11.2 Å². The van der Waals surface area contributed by atoms with Crippen LogP contribution in [0.5, 0.6) is 0 Å². The molecule has 0 unspecified atom stereocenters. The van der Waals surface area contributed by atoms with Crippen LogP contribution in [0.15, 0.2) is 39.9 Å². The van der Waals surface area contributed by atoms with E-state index in [1.165, 1.54) is 11.6 Å². The smallest absolute Gasteiger partial charge is 0.332 e. The highest BCUT2D eigenvalue weighted by molar-refractivity contribution is 5.74. The predicted octanol–water partition coefficient (Wildman–Crippen LogP) is 0.914. The molecule has 3 aromatic rings. The average Bonchev–Trinajstić information content (AvgIpc) is 2.91. The monoisotopic (exact) mass is 313 g/mol. The molecule has 0 radical (unpaired) electrons. The van der Waals surface area contributed by atoms with Gasteiger partial charge in [0.1, 0.15) is 0 Å². The Hall–Kier alpha value is -2.83. The summed E-state index contributed by atoms with van der Waals surface area (Å²) >= 11 is 0. The Morgan fingerprint density at radius 3 is 2.43 bits per heavy atom. The van der Waals surface area contributed by atoms with Crippen molar-refractivity contribution in [3.8, 4) is 0 Å². The highest BCUT2D eigenvalue weighted by Gasteiger charge is 2.18. The van der Waals surface area contributed by atoms with Crippen LogP contribution in [0, 0.1) is 0 Å². The van der Waals surface area contributed by atoms with Gasteiger partial charge in [0, 0.05) is 20.6 Å². The molecule has 7 nitrogen and oxygen atoms in total. The van der Waals surface area contributed by atoms with E-state index >= 15 is 0 Å². The van der Waals surface area contributed by atoms with Crippen LogP contribution in [0.4, 0.5) is 5.95 Å². The minimum absolute atomic E-state index is 0.337. The largest absolute Gasteiger partial charge is 0.356 e. The van der Waals surface area contributed by atoms with Crippen LogP contribution in [-0.2, 0) is 20.6 Å². The van der Waals surface area contributed by atoms with E-state index in [1.807, 2.05) is 41.8 Å². The van der Waals surface area contributed by atoms with E-state index in [1.54, 1.807) is 7.05 Å². The van der Waals surface area contributed by atoms with Crippen molar-refractivity contribution in [2.75, 3.05) is 11.9 Å². The zero-order chi connectivity index (χ0) is 16.6. The van der Waals surface area contributed by atoms with Crippen LogP contribution in [0.25, 0.3) is 11.2 Å². The first-order valence-electron chi connectivity index (χ1n) is 7.48. The summed E-state index contributed by atoms with van der Waals surface area (Å²) in [6.45, 7) is 3.14. The predicted molar refractivity (Wildman–Crippen MR) is 89.9 cm³/mol. The SMILES string of the molecule is CCNc1nc2c(c(=O)n(C)c(=O)n2C)n1Cc1ccccc1. The van der Waals surface area contributed by atoms with Crippen molar-refractivity contribution in [1.82, 2.24) is 18.7 Å². The molecule has 1 N–H and O–H groups in total. The van der Waals surface area contributed by atoms with Crippen LogP contribution in [-0.4, -0.2) is 25.2 Å². The van der Waals surface area contributed by atoms with Crippen molar-refractivity contribution in [2.24, 2.45) is 14.1 Å². The first-order valence-corrected chi connectivity index (χ1v) is 7.48. The number of fused-ring (bicyclic) bond motifs is 1. The standard InChI is InChI=1S/C16H19N5O2/c1-4-17-15-18-13-12(14(22)20(3)16(23)19(13)2)21(15)10-11-8-6-5-7-9-11/h5-9H,4,10H2,1-3H3,(H,17,18). The van der Waals surface area contributed by atoms with Crippen molar-refractivity contribution >= 4 is 17.1 Å². The molecule has 0 fully saturated rings. The Kier molecular flexibility index (Phi) is 3.77. The third-order valence-corrected chi connectivity index (χ3v) is 3.87. The molecular formula is C16H19N5O2. The number of aromatic nitrogens is 4. The fourth-order valence-electron chi connectivity index (χ4n) is 2.66. The summed E-state index contributed by atoms with van der Waals surface area (Å²) in [5.74, 6) is 0.588. The number of hydrogen-bond donors (Lipinski definition) is 1. The number of benzene rings is 1. The van der Waals surface area contributed by atoms with Crippen molar-refractivity contribution in [1.29, 1.82) is 0 Å². The van der Waals surface area contributed by atoms with Crippen LogP contribution in [0.2, 0.25) is 0 Å². The van der Waals surface area contributed by atoms with Gasteiger partial charge in [-0.15, -0.1) is 0 Å². The number of hydrogen-bond acceptors (Lipinski definition) is 4. The molecule has 0 amide bonds. The van der Waals surface area contributed by atoms with E-state index in [0.29, 0.717) is 30.2 Å². The molecule has 0 atom stereocenters. The van der Waals surface area contributed by atoms with Crippen LogP contribution in [0.1, 0.15) is 12.5 Å². The maximum Gasteiger partial charge on any atom is 0.332 e. The summed E-state index contributed by atoms with van der Waals surface area (Å²) in [6, 6.07) is 9.84. The van der Waals surface area contributed by atoms with Gasteiger partial charge in [-0.3, -0.25) is 18.5 Å². The molecule has 0 aliphatic carbocycles. The summed E-state index contributed by atoms with van der Waals surface area (Å²) in [5, 5.41) is 3.17. The summed E-state index contributed by atoms with van der Waals surface area (Å²) in [5.41, 5.74) is 1.16. The Morgan fingerprint density at radius 2 is 1.78 bits per heavy atom. The second-order valence-corrected chi connectivity index (χ2v) is 5.42. The average molecular weight is 313 g/mol. The van der Waals surface area contributed by atoms with Crippen LogP contribution < -0.4 is 16.6 Å². The van der Waals surface area contributed by atoms with Gasteiger partial charge < -0.3 is 5.32 Å². The van der Waals surface area contributed by atoms with Gasteiger partial charge >= 0.3 is 5.69 Å². The van der Waals surface area contributed by atoms with Gasteiger partial charge in [-0.1, -0.05) is 30.3 Å². The fraction of sp³-hybridized carbons (Fsp3) is 0.312. The third kappa shape index (κ3) is 2.44. The molecule has 1 aromatic carbocycles. The quantitative estimate of drug-likeness (QED) is 0.777. The molecule has 0 aliphatic rings. The molecule has 0 bridgehead atoms. The van der Waals surface area contributed by atoms with Crippen LogP contribution in [0.3, 0.4) is 0 Å². The number of rotatable bonds is 4. The lowest BCUT2D eigenvalue weighted by molar-refractivity contribution is 0.702. The highest BCUT2D eigenvalue weighted by atomic mass is 16.2. The summed E-state index contributed by atoms with van der Waals surface area (Å²) < 4.78 is 4.34. The lowest BCUT2D eigenvalue weighted by atomic mass is 10.2. The number of nitrogens with one attached hydrogen (secondary N) is 1. The molecule has 2 aromatic heterocycles. The van der Waals surface area contributed by atoms with E-state index in [4.69, 9.17) is 0 Å². The number of imidazole rings is 1. The van der Waals surface area contributed by atoms with Crippen molar-refractivity contribution in [3.05, 3.63) is 56.7 Å². The Labute approximate surface area is 132 Å². The molecule has 0 saturated heterocycles. The summed E-state index contributed by atoms with van der Waals surface area (Å²) in [6.07, 6.45) is 0. The van der Waals surface area contributed by atoms with Gasteiger partial charge in [-0.05, 0) is 12.5 Å². The van der Waals surface area contributed by atoms with E-state index in [2.05, 4.69) is 10.3 Å². The minimum Gasteiger partial charge on any atom is -0.356 e. The second kappa shape index (κ2) is 5.75. The fourth-order valence-corrected chi connectivity index (χ4v) is 2.66. The number of aryl methyl sites for hydroxylation is 1. The molecule has 120 valence electrons. The minimum atomic E-state index is -0.380. The van der Waals surface area contributed by atoms with Crippen LogP contribution >= 0.6 is 0 Å². The molecule has 3 rings (SSSR count). The van der Waals surface area contributed by atoms with Crippen molar-refractivity contribution < 1.29 is 0 Å². The summed E-state index contributed by atoms with van der Waals surface area (Å²) in [7, 11) is 3.11. The molecule has 0 aliphatic heterocycles. The van der Waals surface area contributed by atoms with Gasteiger partial charge in [-0.2, -0.15) is 4.98 Å². The molecular weight excluding hydrogens is 294 g/mol. The zero-order valence-electron chi connectivity index (χ0n) is 13.4. The molecule has 0 spiro atoms. The second-order valence-electron chi connectivity index (χ2n) is 5.42. The lowest BCUT2D eigenvalue weighted by Gasteiger charge is -2.10. The van der Waals surface area contributed by atoms with E-state index in [0.717, 1.165) is 10.1 Å². The van der Waals surface area contributed by atoms with Gasteiger partial charge in [0.05, 0.1) is 6.54 Å². The maximum absolute atomic E-state index is 12.6. The van der Waals surface area contributed by atoms with E-state index in [9.17, 15) is 9.59 Å². The maximum atomic E-state index is 12.6. The van der Waals surface area contributed by atoms with Gasteiger partial charge in [-0.25, -0.2) is 4.79 Å². The molecule has 0 saturated carbocycles. The number of anilines is 1. The van der Waals surface area contributed by atoms with Gasteiger partial charge in [0.2, 0.25) is 5.95 Å². The van der Waals surface area contributed by atoms with E-state index in [-0.39, 0.29) is 11.2 Å². The van der Waals surface area contributed by atoms with E-state index < -0.39 is 0 Å². The third-order valence-electron chi connectivity index (χ3n) is 3.87. The Balaban J connectivity index is 2.32. The molecule has 7 heteroatoms. The number of nitrogens with zero attached hydrogens (tertiary/aromatic N) is 4. The zero-order valence-corrected chi connectivity index (χ0v) is 13.4. The normalized spacial score (nSPS) is 11.1. The Bertz CT molecular complexity index is 966. The summed E-state index contributed by atoms with van der Waals surface area (Å²) in [4.78, 5) is 29.1. The van der Waals surface area contributed by atoms with Crippen molar-refractivity contribution in [2.45, 2.75) is 13.5 Å². The highest BCUT2D eigenvalue weighted by Crippen LogP contribution is 2.17. The molecule has 23 heavy (non-hydrogen) atoms. The Morgan fingerprint density at radius 1 is 1.09 bits per heavy atom. The first kappa shape index (κ1) is 15.1.